The van der Waals surface area contributed by atoms with E-state index in [-0.39, 0.29) is 5.56 Å². The van der Waals surface area contributed by atoms with Crippen LogP contribution in [0.1, 0.15) is 23.2 Å². The molecule has 3 aliphatic heterocycles. The van der Waals surface area contributed by atoms with E-state index in [1.54, 1.807) is 16.9 Å². The lowest BCUT2D eigenvalue weighted by Crippen LogP contribution is -2.56. The molecule has 24 heavy (non-hydrogen) atoms. The summed E-state index contributed by atoms with van der Waals surface area (Å²) in [6.07, 6.45) is 4.25. The molecule has 4 heterocycles. The predicted molar refractivity (Wildman–Crippen MR) is 92.7 cm³/mol. The third kappa shape index (κ3) is 2.90. The van der Waals surface area contributed by atoms with E-state index in [1.807, 2.05) is 0 Å². The van der Waals surface area contributed by atoms with Gasteiger partial charge in [0.2, 0.25) is 0 Å². The molecule has 0 aliphatic carbocycles. The van der Waals surface area contributed by atoms with Gasteiger partial charge in [0, 0.05) is 29.5 Å². The number of aromatic nitrogens is 2. The van der Waals surface area contributed by atoms with E-state index in [4.69, 9.17) is 11.6 Å². The topological polar surface area (TPSA) is 70.4 Å². The molecular weight excluding hydrogens is 328 g/mol. The number of benzene rings is 1. The van der Waals surface area contributed by atoms with Crippen molar-refractivity contribution < 1.29 is 9.90 Å². The van der Waals surface area contributed by atoms with Gasteiger partial charge in [-0.3, -0.25) is 4.68 Å². The second-order valence-electron chi connectivity index (χ2n) is 6.76. The lowest BCUT2D eigenvalue weighted by molar-refractivity contribution is 0.0698. The smallest absolute Gasteiger partial charge is 0.337 e. The predicted octanol–water partition coefficient (Wildman–Crippen LogP) is 2.07. The molecule has 7 heteroatoms. The molecule has 2 aromatic rings. The number of halogens is 1. The van der Waals surface area contributed by atoms with Crippen molar-refractivity contribution in [3.05, 3.63) is 28.9 Å². The first-order valence-corrected chi connectivity index (χ1v) is 8.84. The first-order chi connectivity index (χ1) is 11.6. The highest BCUT2D eigenvalue weighted by Gasteiger charge is 2.33. The standard InChI is InChI=1S/C17H21ClN4O2/c18-13-7-12-9-20-22(16(12)14(8-13)17(23)24)6-3-19-15-10-21-4-1-11(15)2-5-21/h7-9,11,15,19H,1-6,10H2,(H,23,24)/t15-/m1/s1. The summed E-state index contributed by atoms with van der Waals surface area (Å²) in [5, 5.41) is 18.6. The fourth-order valence-corrected chi connectivity index (χ4v) is 4.31. The highest BCUT2D eigenvalue weighted by Crippen LogP contribution is 2.27. The molecule has 2 N–H and O–H groups in total. The molecule has 1 aromatic carbocycles. The SMILES string of the molecule is O=C(O)c1cc(Cl)cc2cnn(CCN[C@@H]3CN4CCC3CC4)c12. The van der Waals surface area contributed by atoms with E-state index in [1.165, 1.54) is 32.0 Å². The summed E-state index contributed by atoms with van der Waals surface area (Å²) in [5.74, 6) is -0.202. The Balaban J connectivity index is 1.48. The Kier molecular flexibility index (Phi) is 4.20. The van der Waals surface area contributed by atoms with Crippen LogP contribution >= 0.6 is 11.6 Å². The highest BCUT2D eigenvalue weighted by atomic mass is 35.5. The summed E-state index contributed by atoms with van der Waals surface area (Å²) in [7, 11) is 0. The normalized spacial score (nSPS) is 26.1. The number of piperidine rings is 3. The zero-order chi connectivity index (χ0) is 16.7. The number of carboxylic acid groups (broad SMARTS) is 1. The van der Waals surface area contributed by atoms with Gasteiger partial charge in [0.25, 0.3) is 0 Å². The van der Waals surface area contributed by atoms with Gasteiger partial charge in [0.1, 0.15) is 0 Å². The number of aromatic carboxylic acids is 1. The molecule has 2 bridgehead atoms. The lowest BCUT2D eigenvalue weighted by Gasteiger charge is -2.45. The maximum Gasteiger partial charge on any atom is 0.337 e. The summed E-state index contributed by atoms with van der Waals surface area (Å²) in [4.78, 5) is 14.0. The number of carbonyl (C=O) groups is 1. The monoisotopic (exact) mass is 348 g/mol. The van der Waals surface area contributed by atoms with E-state index >= 15 is 0 Å². The first kappa shape index (κ1) is 15.9. The lowest BCUT2D eigenvalue weighted by atomic mass is 9.84. The Bertz CT molecular complexity index is 767. The number of carboxylic acids is 1. The van der Waals surface area contributed by atoms with E-state index in [2.05, 4.69) is 15.3 Å². The van der Waals surface area contributed by atoms with E-state index in [9.17, 15) is 9.90 Å². The van der Waals surface area contributed by atoms with Crippen molar-refractivity contribution in [2.45, 2.75) is 25.4 Å². The molecule has 6 nitrogen and oxygen atoms in total. The van der Waals surface area contributed by atoms with Gasteiger partial charge in [0.05, 0.1) is 23.8 Å². The van der Waals surface area contributed by atoms with Gasteiger partial charge in [-0.2, -0.15) is 5.10 Å². The zero-order valence-electron chi connectivity index (χ0n) is 13.4. The van der Waals surface area contributed by atoms with Gasteiger partial charge >= 0.3 is 5.97 Å². The minimum absolute atomic E-state index is 0.206. The van der Waals surface area contributed by atoms with Crippen molar-refractivity contribution in [2.75, 3.05) is 26.2 Å². The van der Waals surface area contributed by atoms with Crippen molar-refractivity contribution in [1.82, 2.24) is 20.0 Å². The molecule has 3 saturated heterocycles. The van der Waals surface area contributed by atoms with Gasteiger partial charge < -0.3 is 15.3 Å². The molecule has 5 rings (SSSR count). The van der Waals surface area contributed by atoms with Crippen molar-refractivity contribution in [1.29, 1.82) is 0 Å². The largest absolute Gasteiger partial charge is 0.478 e. The maximum atomic E-state index is 11.5. The molecular formula is C17H21ClN4O2. The highest BCUT2D eigenvalue weighted by molar-refractivity contribution is 6.32. The van der Waals surface area contributed by atoms with Crippen LogP contribution in [0.3, 0.4) is 0 Å². The van der Waals surface area contributed by atoms with Gasteiger partial charge in [0.15, 0.2) is 0 Å². The Morgan fingerprint density at radius 1 is 1.38 bits per heavy atom. The van der Waals surface area contributed by atoms with Crippen molar-refractivity contribution in [3.8, 4) is 0 Å². The van der Waals surface area contributed by atoms with Crippen molar-refractivity contribution in [2.24, 2.45) is 5.92 Å². The molecule has 128 valence electrons. The van der Waals surface area contributed by atoms with E-state index in [0.717, 1.165) is 24.4 Å². The Morgan fingerprint density at radius 2 is 2.17 bits per heavy atom. The summed E-state index contributed by atoms with van der Waals surface area (Å²) in [5.41, 5.74) is 0.848. The van der Waals surface area contributed by atoms with Gasteiger partial charge in [-0.25, -0.2) is 4.79 Å². The van der Waals surface area contributed by atoms with Crippen LogP contribution in [-0.2, 0) is 6.54 Å². The molecule has 3 aliphatic rings. The maximum absolute atomic E-state index is 11.5. The minimum Gasteiger partial charge on any atom is -0.478 e. The number of hydrogen-bond donors (Lipinski definition) is 2. The average Bonchev–Trinajstić information content (AvgIpc) is 2.98. The number of rotatable bonds is 5. The summed E-state index contributed by atoms with van der Waals surface area (Å²) < 4.78 is 1.77. The third-order valence-electron chi connectivity index (χ3n) is 5.32. The van der Waals surface area contributed by atoms with Crippen LogP contribution < -0.4 is 5.32 Å². The minimum atomic E-state index is -0.977. The van der Waals surface area contributed by atoms with E-state index in [0.29, 0.717) is 23.1 Å². The summed E-state index contributed by atoms with van der Waals surface area (Å²) in [6, 6.07) is 3.79. The Labute approximate surface area is 145 Å². The van der Waals surface area contributed by atoms with Crippen molar-refractivity contribution in [3.63, 3.8) is 0 Å². The summed E-state index contributed by atoms with van der Waals surface area (Å²) in [6.45, 7) is 5.02. The fourth-order valence-electron chi connectivity index (χ4n) is 4.08. The van der Waals surface area contributed by atoms with Crippen LogP contribution in [0.2, 0.25) is 5.02 Å². The number of hydrogen-bond acceptors (Lipinski definition) is 4. The van der Waals surface area contributed by atoms with Crippen LogP contribution in [0.15, 0.2) is 18.3 Å². The molecule has 1 aromatic heterocycles. The fraction of sp³-hybridized carbons (Fsp3) is 0.529. The van der Waals surface area contributed by atoms with Gasteiger partial charge in [-0.1, -0.05) is 11.6 Å². The molecule has 0 amide bonds. The second kappa shape index (κ2) is 6.35. The van der Waals surface area contributed by atoms with Gasteiger partial charge in [-0.15, -0.1) is 0 Å². The molecule has 0 radical (unpaired) electrons. The van der Waals surface area contributed by atoms with Crippen LogP contribution in [0.25, 0.3) is 10.9 Å². The van der Waals surface area contributed by atoms with Crippen LogP contribution in [-0.4, -0.2) is 58.0 Å². The number of nitrogens with zero attached hydrogens (tertiary/aromatic N) is 3. The zero-order valence-corrected chi connectivity index (χ0v) is 14.2. The van der Waals surface area contributed by atoms with E-state index < -0.39 is 5.97 Å². The quantitative estimate of drug-likeness (QED) is 0.865. The average molecular weight is 349 g/mol. The Morgan fingerprint density at radius 3 is 2.83 bits per heavy atom. The molecule has 1 atom stereocenters. The number of fused-ring (bicyclic) bond motifs is 4. The van der Waals surface area contributed by atoms with Crippen LogP contribution in [0, 0.1) is 5.92 Å². The molecule has 3 fully saturated rings. The number of nitrogens with one attached hydrogen (secondary N) is 1. The molecule has 0 spiro atoms. The molecule has 0 unspecified atom stereocenters. The first-order valence-electron chi connectivity index (χ1n) is 8.46. The third-order valence-corrected chi connectivity index (χ3v) is 5.53. The van der Waals surface area contributed by atoms with Crippen LogP contribution in [0.4, 0.5) is 0 Å². The second-order valence-corrected chi connectivity index (χ2v) is 7.20. The van der Waals surface area contributed by atoms with Crippen LogP contribution in [0.5, 0.6) is 0 Å². The summed E-state index contributed by atoms with van der Waals surface area (Å²) >= 11 is 6.00. The van der Waals surface area contributed by atoms with Crippen molar-refractivity contribution >= 4 is 28.5 Å². The Hall–Kier alpha value is -1.63. The van der Waals surface area contributed by atoms with Gasteiger partial charge in [-0.05, 0) is 44.0 Å². The molecule has 0 saturated carbocycles.